The van der Waals surface area contributed by atoms with Gasteiger partial charge in [-0.3, -0.25) is 9.59 Å². The van der Waals surface area contributed by atoms with E-state index >= 15 is 0 Å². The van der Waals surface area contributed by atoms with Gasteiger partial charge >= 0.3 is 0 Å². The third-order valence-electron chi connectivity index (χ3n) is 6.83. The second-order valence-corrected chi connectivity index (χ2v) is 9.81. The van der Waals surface area contributed by atoms with Gasteiger partial charge in [-0.1, -0.05) is 52.7 Å². The molecule has 2 amide bonds. The molecule has 1 aliphatic heterocycles. The van der Waals surface area contributed by atoms with Crippen LogP contribution in [0.4, 0.5) is 0 Å². The predicted octanol–water partition coefficient (Wildman–Crippen LogP) is 5.47. The Morgan fingerprint density at radius 2 is 1.73 bits per heavy atom. The number of nitrogens with zero attached hydrogens (tertiary/aromatic N) is 2. The molecule has 1 heterocycles. The van der Waals surface area contributed by atoms with E-state index in [1.165, 1.54) is 0 Å². The van der Waals surface area contributed by atoms with Gasteiger partial charge < -0.3 is 14.5 Å². The van der Waals surface area contributed by atoms with Crippen molar-refractivity contribution < 1.29 is 14.3 Å². The highest BCUT2D eigenvalue weighted by atomic mass is 79.9. The Labute approximate surface area is 205 Å². The summed E-state index contributed by atoms with van der Waals surface area (Å²) in [5.74, 6) is 0.815. The van der Waals surface area contributed by atoms with Crippen LogP contribution in [0.3, 0.4) is 0 Å². The zero-order valence-corrected chi connectivity index (χ0v) is 20.9. The number of rotatable bonds is 3. The number of para-hydroxylation sites is 1. The minimum atomic E-state index is -0.106. The van der Waals surface area contributed by atoms with Crippen molar-refractivity contribution in [1.82, 2.24) is 9.80 Å². The van der Waals surface area contributed by atoms with Crippen molar-refractivity contribution in [3.8, 4) is 5.75 Å². The standard InChI is InChI=1S/C27H33BrN2O3/c1-2-29-17-9-10-18-30(26(31)19-20-11-3-5-13-22(20)28)23-14-6-8-16-25(23)33-24-15-7-4-12-21(24)27(29)32/h3-5,7,11-13,15,23,25H,2,6,8-10,14,16-19H2,1H3/t23-,25+/m1/s1. The van der Waals surface area contributed by atoms with Crippen molar-refractivity contribution in [2.24, 2.45) is 0 Å². The molecular formula is C27H33BrN2O3. The predicted molar refractivity (Wildman–Crippen MR) is 133 cm³/mol. The highest BCUT2D eigenvalue weighted by Crippen LogP contribution is 2.31. The quantitative estimate of drug-likeness (QED) is 0.547. The number of carbonyl (C=O) groups excluding carboxylic acids is 2. The molecule has 2 aromatic rings. The topological polar surface area (TPSA) is 49.9 Å². The van der Waals surface area contributed by atoms with E-state index in [-0.39, 0.29) is 24.0 Å². The molecular weight excluding hydrogens is 480 g/mol. The van der Waals surface area contributed by atoms with E-state index in [9.17, 15) is 9.59 Å². The summed E-state index contributed by atoms with van der Waals surface area (Å²) < 4.78 is 7.51. The molecule has 0 saturated heterocycles. The molecule has 2 aromatic carbocycles. The molecule has 0 N–H and O–H groups in total. The number of fused-ring (bicyclic) bond motifs is 2. The third-order valence-corrected chi connectivity index (χ3v) is 7.60. The summed E-state index contributed by atoms with van der Waals surface area (Å²) in [6.45, 7) is 4.05. The van der Waals surface area contributed by atoms with Gasteiger partial charge in [0.05, 0.1) is 18.0 Å². The van der Waals surface area contributed by atoms with Gasteiger partial charge in [0.1, 0.15) is 11.9 Å². The first kappa shape index (κ1) is 23.8. The Kier molecular flexibility index (Phi) is 8.07. The van der Waals surface area contributed by atoms with Gasteiger partial charge in [0.25, 0.3) is 5.91 Å². The van der Waals surface area contributed by atoms with Crippen molar-refractivity contribution in [3.05, 3.63) is 64.1 Å². The summed E-state index contributed by atoms with van der Waals surface area (Å²) >= 11 is 3.59. The van der Waals surface area contributed by atoms with Crippen LogP contribution in [0, 0.1) is 0 Å². The molecule has 0 spiro atoms. The third kappa shape index (κ3) is 5.60. The summed E-state index contributed by atoms with van der Waals surface area (Å²) in [6, 6.07) is 15.5. The lowest BCUT2D eigenvalue weighted by atomic mass is 9.90. The average Bonchev–Trinajstić information content (AvgIpc) is 2.83. The molecule has 0 aromatic heterocycles. The number of hydrogen-bond acceptors (Lipinski definition) is 3. The molecule has 2 aliphatic rings. The van der Waals surface area contributed by atoms with Crippen LogP contribution in [0.1, 0.15) is 61.4 Å². The van der Waals surface area contributed by atoms with Gasteiger partial charge in [-0.25, -0.2) is 0 Å². The number of halogens is 1. The van der Waals surface area contributed by atoms with Crippen LogP contribution in [0.25, 0.3) is 0 Å². The zero-order chi connectivity index (χ0) is 23.2. The van der Waals surface area contributed by atoms with Crippen molar-refractivity contribution >= 4 is 27.7 Å². The van der Waals surface area contributed by atoms with Crippen molar-refractivity contribution in [1.29, 1.82) is 0 Å². The molecule has 5 nitrogen and oxygen atoms in total. The van der Waals surface area contributed by atoms with Gasteiger partial charge in [-0.2, -0.15) is 0 Å². The monoisotopic (exact) mass is 512 g/mol. The maximum Gasteiger partial charge on any atom is 0.257 e. The molecule has 4 rings (SSSR count). The van der Waals surface area contributed by atoms with E-state index < -0.39 is 0 Å². The van der Waals surface area contributed by atoms with Gasteiger partial charge in [0, 0.05) is 24.1 Å². The van der Waals surface area contributed by atoms with Gasteiger partial charge in [0.2, 0.25) is 5.91 Å². The summed E-state index contributed by atoms with van der Waals surface area (Å²) in [7, 11) is 0. The highest BCUT2D eigenvalue weighted by Gasteiger charge is 2.35. The van der Waals surface area contributed by atoms with Crippen LogP contribution < -0.4 is 4.74 Å². The lowest BCUT2D eigenvalue weighted by molar-refractivity contribution is -0.136. The maximum absolute atomic E-state index is 13.6. The lowest BCUT2D eigenvalue weighted by Gasteiger charge is -2.41. The van der Waals surface area contributed by atoms with Crippen LogP contribution in [0.15, 0.2) is 53.0 Å². The molecule has 1 saturated carbocycles. The molecule has 0 unspecified atom stereocenters. The van der Waals surface area contributed by atoms with E-state index in [1.54, 1.807) is 0 Å². The Morgan fingerprint density at radius 3 is 2.55 bits per heavy atom. The minimum Gasteiger partial charge on any atom is -0.487 e. The second kappa shape index (κ2) is 11.2. The average molecular weight is 513 g/mol. The normalized spacial score (nSPS) is 21.8. The smallest absolute Gasteiger partial charge is 0.257 e. The molecule has 33 heavy (non-hydrogen) atoms. The fourth-order valence-corrected chi connectivity index (χ4v) is 5.45. The summed E-state index contributed by atoms with van der Waals surface area (Å²) in [5.41, 5.74) is 1.63. The molecule has 2 atom stereocenters. The zero-order valence-electron chi connectivity index (χ0n) is 19.3. The fraction of sp³-hybridized carbons (Fsp3) is 0.481. The first-order valence-electron chi connectivity index (χ1n) is 12.2. The molecule has 0 bridgehead atoms. The van der Waals surface area contributed by atoms with E-state index in [4.69, 9.17) is 4.74 Å². The van der Waals surface area contributed by atoms with Gasteiger partial charge in [0.15, 0.2) is 0 Å². The molecule has 6 heteroatoms. The lowest BCUT2D eigenvalue weighted by Crippen LogP contribution is -2.51. The molecule has 1 aliphatic carbocycles. The van der Waals surface area contributed by atoms with Crippen LogP contribution in [-0.4, -0.2) is 53.4 Å². The Morgan fingerprint density at radius 1 is 1.00 bits per heavy atom. The summed E-state index contributed by atoms with van der Waals surface area (Å²) in [6.07, 6.45) is 6.01. The van der Waals surface area contributed by atoms with Crippen LogP contribution in [0.5, 0.6) is 5.75 Å². The molecule has 0 radical (unpaired) electrons. The largest absolute Gasteiger partial charge is 0.487 e. The van der Waals surface area contributed by atoms with Crippen molar-refractivity contribution in [2.75, 3.05) is 19.6 Å². The first-order chi connectivity index (χ1) is 16.1. The number of hydrogen-bond donors (Lipinski definition) is 0. The minimum absolute atomic E-state index is 0.0265. The van der Waals surface area contributed by atoms with Crippen LogP contribution in [-0.2, 0) is 11.2 Å². The molecule has 176 valence electrons. The van der Waals surface area contributed by atoms with Crippen LogP contribution in [0.2, 0.25) is 0 Å². The number of ether oxygens (including phenoxy) is 1. The number of benzene rings is 2. The summed E-state index contributed by atoms with van der Waals surface area (Å²) in [4.78, 5) is 30.8. The first-order valence-corrected chi connectivity index (χ1v) is 13.0. The van der Waals surface area contributed by atoms with Crippen LogP contribution >= 0.6 is 15.9 Å². The van der Waals surface area contributed by atoms with Gasteiger partial charge in [-0.15, -0.1) is 0 Å². The van der Waals surface area contributed by atoms with Crippen molar-refractivity contribution in [2.45, 2.75) is 64.0 Å². The fourth-order valence-electron chi connectivity index (χ4n) is 5.02. The maximum atomic E-state index is 13.6. The van der Waals surface area contributed by atoms with E-state index in [1.807, 2.05) is 60.4 Å². The number of carbonyl (C=O) groups is 2. The Bertz CT molecular complexity index is 979. The number of amides is 2. The summed E-state index contributed by atoms with van der Waals surface area (Å²) in [5, 5.41) is 0. The SMILES string of the molecule is CCN1CCCCN(C(=O)Cc2ccccc2Br)[C@@H]2CCCC[C@@H]2Oc2ccccc2C1=O. The second-order valence-electron chi connectivity index (χ2n) is 8.95. The Balaban J connectivity index is 1.64. The molecule has 1 fully saturated rings. The van der Waals surface area contributed by atoms with Crippen molar-refractivity contribution in [3.63, 3.8) is 0 Å². The van der Waals surface area contributed by atoms with Gasteiger partial charge in [-0.05, 0) is 62.8 Å². The van der Waals surface area contributed by atoms with E-state index in [2.05, 4.69) is 20.8 Å². The Hall–Kier alpha value is -2.34. The van der Waals surface area contributed by atoms with E-state index in [0.717, 1.165) is 48.6 Å². The van der Waals surface area contributed by atoms with E-state index in [0.29, 0.717) is 37.4 Å². The highest BCUT2D eigenvalue weighted by molar-refractivity contribution is 9.10.